The maximum absolute atomic E-state index is 11.8. The molecular weight excluding hydrogens is 460 g/mol. The molecule has 31 heavy (non-hydrogen) atoms. The zero-order valence-corrected chi connectivity index (χ0v) is 18.8. The highest BCUT2D eigenvalue weighted by Crippen LogP contribution is 2.29. The van der Waals surface area contributed by atoms with Crippen LogP contribution in [0.4, 0.5) is 5.69 Å². The Hall–Kier alpha value is -3.08. The van der Waals surface area contributed by atoms with Crippen LogP contribution in [0.3, 0.4) is 0 Å². The molecule has 0 saturated carbocycles. The predicted molar refractivity (Wildman–Crippen MR) is 120 cm³/mol. The van der Waals surface area contributed by atoms with Crippen LogP contribution in [-0.4, -0.2) is 43.7 Å². The lowest BCUT2D eigenvalue weighted by Gasteiger charge is -2.03. The molecule has 0 amide bonds. The smallest absolute Gasteiger partial charge is 0.353 e. The second kappa shape index (κ2) is 9.38. The number of nitrogens with zero attached hydrogens (tertiary/aromatic N) is 3. The lowest BCUT2D eigenvalue weighted by Crippen LogP contribution is -2.15. The molecule has 2 aromatic carbocycles. The molecular formula is C20H17ClN4O4S2. The van der Waals surface area contributed by atoms with Crippen molar-refractivity contribution in [2.45, 2.75) is 4.90 Å². The normalized spacial score (nSPS) is 12.6. The van der Waals surface area contributed by atoms with Gasteiger partial charge in [0.05, 0.1) is 22.7 Å². The number of ether oxygens (including phenoxy) is 1. The summed E-state index contributed by atoms with van der Waals surface area (Å²) in [6.45, 7) is 0. The number of benzene rings is 2. The largest absolute Gasteiger partial charge is 0.464 e. The molecule has 0 unspecified atom stereocenters. The van der Waals surface area contributed by atoms with Crippen molar-refractivity contribution in [3.63, 3.8) is 0 Å². The van der Waals surface area contributed by atoms with E-state index in [0.29, 0.717) is 26.3 Å². The summed E-state index contributed by atoms with van der Waals surface area (Å²) in [7, 11) is -2.16. The first-order chi connectivity index (χ1) is 14.7. The Balaban J connectivity index is 2.09. The third-order valence-corrected chi connectivity index (χ3v) is 6.38. The third kappa shape index (κ3) is 5.54. The fraction of sp³-hybridized carbons (Fsp3) is 0.100. The number of carbonyl (C=O) groups is 1. The van der Waals surface area contributed by atoms with E-state index in [9.17, 15) is 13.2 Å². The summed E-state index contributed by atoms with van der Waals surface area (Å²) < 4.78 is 28.3. The first-order valence-electron chi connectivity index (χ1n) is 8.72. The number of esters is 1. The first kappa shape index (κ1) is 22.6. The number of sulfone groups is 1. The Bertz CT molecular complexity index is 1300. The molecule has 0 bridgehead atoms. The molecule has 160 valence electrons. The summed E-state index contributed by atoms with van der Waals surface area (Å²) in [4.78, 5) is 16.4. The number of rotatable bonds is 6. The quantitative estimate of drug-likeness (QED) is 0.328. The van der Waals surface area contributed by atoms with Gasteiger partial charge in [-0.25, -0.2) is 18.2 Å². The first-order valence-corrected chi connectivity index (χ1v) is 11.8. The van der Waals surface area contributed by atoms with Gasteiger partial charge in [0.2, 0.25) is 0 Å². The van der Waals surface area contributed by atoms with Gasteiger partial charge >= 0.3 is 5.97 Å². The van der Waals surface area contributed by atoms with E-state index >= 15 is 0 Å². The highest BCUT2D eigenvalue weighted by atomic mass is 35.5. The second-order valence-corrected chi connectivity index (χ2v) is 9.65. The maximum atomic E-state index is 11.8. The highest BCUT2D eigenvalue weighted by Gasteiger charge is 2.16. The number of hydrogen-bond donors (Lipinski definition) is 1. The number of halogens is 1. The molecule has 0 radical (unpaired) electrons. The minimum Gasteiger partial charge on any atom is -0.464 e. The van der Waals surface area contributed by atoms with Gasteiger partial charge in [-0.15, -0.1) is 10.2 Å². The summed E-state index contributed by atoms with van der Waals surface area (Å²) in [6.07, 6.45) is 2.46. The molecule has 0 aliphatic rings. The SMILES string of the molecule is COC(=O)/C(N)=C/C(=Nc1ccccc1Cl)c1nnc(-c2cccc(S(C)(=O)=O)c2)s1. The molecule has 2 N–H and O–H groups in total. The van der Waals surface area contributed by atoms with Crippen molar-refractivity contribution in [3.8, 4) is 10.6 Å². The van der Waals surface area contributed by atoms with E-state index in [1.807, 2.05) is 0 Å². The van der Waals surface area contributed by atoms with Gasteiger partial charge in [0.25, 0.3) is 0 Å². The van der Waals surface area contributed by atoms with E-state index in [4.69, 9.17) is 17.3 Å². The minimum atomic E-state index is -3.38. The van der Waals surface area contributed by atoms with Crippen LogP contribution in [0, 0.1) is 0 Å². The van der Waals surface area contributed by atoms with Gasteiger partial charge in [0.1, 0.15) is 16.4 Å². The molecule has 0 fully saturated rings. The highest BCUT2D eigenvalue weighted by molar-refractivity contribution is 7.90. The van der Waals surface area contributed by atoms with Gasteiger partial charge in [0, 0.05) is 11.8 Å². The van der Waals surface area contributed by atoms with Crippen molar-refractivity contribution < 1.29 is 17.9 Å². The number of para-hydroxylation sites is 1. The second-order valence-electron chi connectivity index (χ2n) is 6.25. The fourth-order valence-electron chi connectivity index (χ4n) is 2.44. The summed E-state index contributed by atoms with van der Waals surface area (Å²) in [5.41, 5.74) is 6.90. The number of allylic oxidation sites excluding steroid dienone is 1. The number of methoxy groups -OCH3 is 1. The Morgan fingerprint density at radius 1 is 1.19 bits per heavy atom. The molecule has 0 saturated heterocycles. The Morgan fingerprint density at radius 2 is 1.94 bits per heavy atom. The van der Waals surface area contributed by atoms with Gasteiger partial charge in [-0.1, -0.05) is 47.2 Å². The Labute approximate surface area is 188 Å². The van der Waals surface area contributed by atoms with Crippen molar-refractivity contribution in [1.82, 2.24) is 10.2 Å². The lowest BCUT2D eigenvalue weighted by atomic mass is 10.2. The van der Waals surface area contributed by atoms with E-state index < -0.39 is 15.8 Å². The van der Waals surface area contributed by atoms with Crippen molar-refractivity contribution in [3.05, 3.63) is 70.3 Å². The number of aliphatic imine (C=N–C) groups is 1. The molecule has 1 heterocycles. The molecule has 0 atom stereocenters. The van der Waals surface area contributed by atoms with Crippen molar-refractivity contribution in [2.24, 2.45) is 10.7 Å². The number of nitrogens with two attached hydrogens (primary N) is 1. The number of carbonyl (C=O) groups excluding carboxylic acids is 1. The molecule has 0 aliphatic carbocycles. The van der Waals surface area contributed by atoms with Gasteiger partial charge in [-0.05, 0) is 30.3 Å². The Morgan fingerprint density at radius 3 is 2.61 bits per heavy atom. The van der Waals surface area contributed by atoms with Crippen molar-refractivity contribution in [2.75, 3.05) is 13.4 Å². The summed E-state index contributed by atoms with van der Waals surface area (Å²) in [5.74, 6) is -0.725. The van der Waals surface area contributed by atoms with Crippen LogP contribution >= 0.6 is 22.9 Å². The van der Waals surface area contributed by atoms with E-state index in [0.717, 1.165) is 17.6 Å². The Kier molecular flexibility index (Phi) is 6.84. The van der Waals surface area contributed by atoms with Gasteiger partial charge in [0.15, 0.2) is 14.8 Å². The van der Waals surface area contributed by atoms with E-state index in [1.165, 1.54) is 25.3 Å². The van der Waals surface area contributed by atoms with Crippen LogP contribution in [0.15, 0.2) is 70.2 Å². The minimum absolute atomic E-state index is 0.168. The van der Waals surface area contributed by atoms with Crippen LogP contribution in [0.1, 0.15) is 5.01 Å². The van der Waals surface area contributed by atoms with Crippen LogP contribution < -0.4 is 5.73 Å². The topological polar surface area (TPSA) is 125 Å². The van der Waals surface area contributed by atoms with Crippen molar-refractivity contribution >= 4 is 50.1 Å². The predicted octanol–water partition coefficient (Wildman–Crippen LogP) is 3.40. The average Bonchev–Trinajstić information content (AvgIpc) is 3.24. The molecule has 1 aromatic heterocycles. The molecule has 3 rings (SSSR count). The number of aromatic nitrogens is 2. The average molecular weight is 477 g/mol. The monoisotopic (exact) mass is 476 g/mol. The standard InChI is InChI=1S/C20H17ClN4O4S2/c1-29-20(26)15(22)11-17(23-16-9-4-3-8-14(16)21)19-25-24-18(30-19)12-6-5-7-13(10-12)31(2,27)28/h3-11H,22H2,1-2H3/b15-11-,23-17?. The summed E-state index contributed by atoms with van der Waals surface area (Å²) in [5, 5.41) is 9.50. The third-order valence-electron chi connectivity index (χ3n) is 3.96. The molecule has 11 heteroatoms. The zero-order chi connectivity index (χ0) is 22.6. The zero-order valence-electron chi connectivity index (χ0n) is 16.4. The van der Waals surface area contributed by atoms with Gasteiger partial charge in [-0.2, -0.15) is 0 Å². The molecule has 0 spiro atoms. The molecule has 8 nitrogen and oxygen atoms in total. The van der Waals surface area contributed by atoms with E-state index in [1.54, 1.807) is 36.4 Å². The maximum Gasteiger partial charge on any atom is 0.353 e. The van der Waals surface area contributed by atoms with E-state index in [2.05, 4.69) is 19.9 Å². The van der Waals surface area contributed by atoms with Crippen LogP contribution in [0.2, 0.25) is 5.02 Å². The molecule has 0 aliphatic heterocycles. The number of hydrogen-bond acceptors (Lipinski definition) is 9. The summed E-state index contributed by atoms with van der Waals surface area (Å²) in [6, 6.07) is 13.3. The van der Waals surface area contributed by atoms with Crippen LogP contribution in [-0.2, 0) is 19.4 Å². The van der Waals surface area contributed by atoms with E-state index in [-0.39, 0.29) is 16.3 Å². The van der Waals surface area contributed by atoms with Gasteiger partial charge < -0.3 is 10.5 Å². The van der Waals surface area contributed by atoms with Crippen LogP contribution in [0.5, 0.6) is 0 Å². The fourth-order valence-corrected chi connectivity index (χ4v) is 4.09. The lowest BCUT2D eigenvalue weighted by molar-refractivity contribution is -0.136. The van der Waals surface area contributed by atoms with Crippen LogP contribution in [0.25, 0.3) is 10.6 Å². The van der Waals surface area contributed by atoms with Crippen molar-refractivity contribution in [1.29, 1.82) is 0 Å². The van der Waals surface area contributed by atoms with Gasteiger partial charge in [-0.3, -0.25) is 0 Å². The molecule has 3 aromatic rings. The summed E-state index contributed by atoms with van der Waals surface area (Å²) >= 11 is 7.36.